The molecule has 2 rings (SSSR count). The van der Waals surface area contributed by atoms with Crippen LogP contribution in [0, 0.1) is 0 Å². The molecular weight excluding hydrogens is 328 g/mol. The number of amides is 1. The number of rotatable bonds is 6. The second-order valence-electron chi connectivity index (χ2n) is 5.32. The van der Waals surface area contributed by atoms with Crippen LogP contribution in [0.1, 0.15) is 12.5 Å². The summed E-state index contributed by atoms with van der Waals surface area (Å²) in [7, 11) is 0. The Hall–Kier alpha value is -1.44. The molecule has 0 spiro atoms. The summed E-state index contributed by atoms with van der Waals surface area (Å²) in [5.74, 6) is 0.0707. The zero-order chi connectivity index (χ0) is 15.9. The minimum Gasteiger partial charge on any atom is -0.435 e. The van der Waals surface area contributed by atoms with Crippen LogP contribution in [0.4, 0.5) is 8.78 Å². The van der Waals surface area contributed by atoms with Crippen molar-refractivity contribution in [1.29, 1.82) is 0 Å². The molecule has 8 heteroatoms. The zero-order valence-corrected chi connectivity index (χ0v) is 13.7. The molecule has 0 radical (unpaired) electrons. The van der Waals surface area contributed by atoms with Crippen molar-refractivity contribution in [3.8, 4) is 5.75 Å². The third-order valence-corrected chi connectivity index (χ3v) is 3.62. The monoisotopic (exact) mass is 349 g/mol. The van der Waals surface area contributed by atoms with Gasteiger partial charge in [-0.05, 0) is 24.6 Å². The summed E-state index contributed by atoms with van der Waals surface area (Å²) in [6, 6.07) is 6.58. The molecule has 0 bridgehead atoms. The van der Waals surface area contributed by atoms with Gasteiger partial charge in [-0.2, -0.15) is 8.78 Å². The summed E-state index contributed by atoms with van der Waals surface area (Å²) in [6.07, 6.45) is 0. The molecule has 2 N–H and O–H groups in total. The molecule has 0 aromatic heterocycles. The van der Waals surface area contributed by atoms with E-state index in [4.69, 9.17) is 0 Å². The Kier molecular flexibility index (Phi) is 8.22. The smallest absolute Gasteiger partial charge is 0.387 e. The van der Waals surface area contributed by atoms with Gasteiger partial charge in [-0.3, -0.25) is 9.69 Å². The van der Waals surface area contributed by atoms with Crippen LogP contribution in [0.15, 0.2) is 24.3 Å². The fraction of sp³-hybridized carbons (Fsp3) is 0.533. The van der Waals surface area contributed by atoms with Crippen molar-refractivity contribution < 1.29 is 18.3 Å². The van der Waals surface area contributed by atoms with Crippen molar-refractivity contribution in [2.24, 2.45) is 0 Å². The Labute approximate surface area is 140 Å². The highest BCUT2D eigenvalue weighted by atomic mass is 35.5. The van der Waals surface area contributed by atoms with E-state index >= 15 is 0 Å². The van der Waals surface area contributed by atoms with Crippen molar-refractivity contribution in [2.45, 2.75) is 26.1 Å². The molecule has 1 fully saturated rings. The first-order valence-electron chi connectivity index (χ1n) is 7.30. The predicted molar refractivity (Wildman–Crippen MR) is 86.1 cm³/mol. The van der Waals surface area contributed by atoms with Gasteiger partial charge >= 0.3 is 6.61 Å². The molecule has 1 aromatic carbocycles. The molecule has 0 unspecified atom stereocenters. The van der Waals surface area contributed by atoms with E-state index in [1.807, 2.05) is 0 Å². The number of halogens is 3. The maximum atomic E-state index is 12.0. The second-order valence-corrected chi connectivity index (χ2v) is 5.32. The van der Waals surface area contributed by atoms with Crippen molar-refractivity contribution in [3.05, 3.63) is 29.8 Å². The first kappa shape index (κ1) is 19.6. The molecule has 1 aromatic rings. The number of ether oxygens (including phenoxy) is 1. The van der Waals surface area contributed by atoms with Crippen LogP contribution >= 0.6 is 12.4 Å². The number of nitrogens with zero attached hydrogens (tertiary/aromatic N) is 1. The van der Waals surface area contributed by atoms with Gasteiger partial charge in [0.25, 0.3) is 0 Å². The Morgan fingerprint density at radius 2 is 2.13 bits per heavy atom. The summed E-state index contributed by atoms with van der Waals surface area (Å²) >= 11 is 0. The Morgan fingerprint density at radius 3 is 2.74 bits per heavy atom. The van der Waals surface area contributed by atoms with Crippen molar-refractivity contribution in [1.82, 2.24) is 15.5 Å². The standard InChI is InChI=1S/C15H21F2N3O2.ClH/c1-11-8-18-6-7-20(11)10-14(21)19-9-12-2-4-13(5-3-12)22-15(16)17;/h2-5,11,15,18H,6-10H2,1H3,(H,19,21);1H/t11-;/m1./s1. The van der Waals surface area contributed by atoms with E-state index in [-0.39, 0.29) is 24.1 Å². The average Bonchev–Trinajstić information content (AvgIpc) is 2.48. The van der Waals surface area contributed by atoms with Crippen LogP contribution in [0.5, 0.6) is 5.75 Å². The molecule has 1 aliphatic heterocycles. The normalized spacial score (nSPS) is 18.3. The van der Waals surface area contributed by atoms with Crippen LogP contribution in [0.25, 0.3) is 0 Å². The first-order chi connectivity index (χ1) is 10.5. The molecule has 1 aliphatic rings. The van der Waals surface area contributed by atoms with Crippen molar-refractivity contribution in [3.63, 3.8) is 0 Å². The number of hydrogen-bond donors (Lipinski definition) is 2. The summed E-state index contributed by atoms with van der Waals surface area (Å²) < 4.78 is 28.4. The lowest BCUT2D eigenvalue weighted by Gasteiger charge is -2.33. The highest BCUT2D eigenvalue weighted by molar-refractivity contribution is 5.85. The highest BCUT2D eigenvalue weighted by Gasteiger charge is 2.19. The van der Waals surface area contributed by atoms with Crippen LogP contribution in [0.2, 0.25) is 0 Å². The topological polar surface area (TPSA) is 53.6 Å². The summed E-state index contributed by atoms with van der Waals surface area (Å²) in [5.41, 5.74) is 0.836. The number of nitrogens with one attached hydrogen (secondary N) is 2. The lowest BCUT2D eigenvalue weighted by Crippen LogP contribution is -2.52. The third kappa shape index (κ3) is 6.68. The minimum absolute atomic E-state index is 0. The number of carbonyl (C=O) groups is 1. The van der Waals surface area contributed by atoms with E-state index in [2.05, 4.69) is 27.2 Å². The SMILES string of the molecule is C[C@@H]1CNCCN1CC(=O)NCc1ccc(OC(F)F)cc1.Cl. The van der Waals surface area contributed by atoms with Gasteiger partial charge in [0.2, 0.25) is 5.91 Å². The maximum absolute atomic E-state index is 12.0. The van der Waals surface area contributed by atoms with E-state index in [9.17, 15) is 13.6 Å². The van der Waals surface area contributed by atoms with E-state index in [1.54, 1.807) is 12.1 Å². The van der Waals surface area contributed by atoms with Gasteiger partial charge in [-0.1, -0.05) is 12.1 Å². The van der Waals surface area contributed by atoms with Gasteiger partial charge in [0.1, 0.15) is 5.75 Å². The van der Waals surface area contributed by atoms with E-state index in [0.29, 0.717) is 19.1 Å². The number of hydrogen-bond acceptors (Lipinski definition) is 4. The van der Waals surface area contributed by atoms with Crippen molar-refractivity contribution >= 4 is 18.3 Å². The summed E-state index contributed by atoms with van der Waals surface area (Å²) in [6.45, 7) is 2.63. The highest BCUT2D eigenvalue weighted by Crippen LogP contribution is 2.14. The van der Waals surface area contributed by atoms with Gasteiger partial charge in [0.05, 0.1) is 6.54 Å². The number of piperazine rings is 1. The molecule has 1 amide bonds. The fourth-order valence-electron chi connectivity index (χ4n) is 2.35. The summed E-state index contributed by atoms with van der Waals surface area (Å²) in [4.78, 5) is 14.1. The lowest BCUT2D eigenvalue weighted by atomic mass is 10.2. The van der Waals surface area contributed by atoms with Gasteiger partial charge in [0.15, 0.2) is 0 Å². The van der Waals surface area contributed by atoms with Crippen LogP contribution < -0.4 is 15.4 Å². The van der Waals surface area contributed by atoms with Gasteiger partial charge in [-0.25, -0.2) is 0 Å². The first-order valence-corrected chi connectivity index (χ1v) is 7.30. The second kappa shape index (κ2) is 9.64. The largest absolute Gasteiger partial charge is 0.435 e. The maximum Gasteiger partial charge on any atom is 0.387 e. The predicted octanol–water partition coefficient (Wildman–Crippen LogP) is 1.62. The molecule has 0 aliphatic carbocycles. The number of carbonyl (C=O) groups excluding carboxylic acids is 1. The van der Waals surface area contributed by atoms with Gasteiger partial charge in [-0.15, -0.1) is 12.4 Å². The molecule has 1 saturated heterocycles. The summed E-state index contributed by atoms with van der Waals surface area (Å²) in [5, 5.41) is 6.11. The van der Waals surface area contributed by atoms with Gasteiger partial charge < -0.3 is 15.4 Å². The molecule has 1 heterocycles. The molecule has 1 atom stereocenters. The third-order valence-electron chi connectivity index (χ3n) is 3.62. The molecular formula is C15H22ClF2N3O2. The average molecular weight is 350 g/mol. The van der Waals surface area contributed by atoms with Crippen molar-refractivity contribution in [2.75, 3.05) is 26.2 Å². The number of benzene rings is 1. The van der Waals surface area contributed by atoms with Gasteiger partial charge in [0, 0.05) is 32.2 Å². The van der Waals surface area contributed by atoms with E-state index in [1.165, 1.54) is 12.1 Å². The Bertz CT molecular complexity index is 488. The minimum atomic E-state index is -2.83. The van der Waals surface area contributed by atoms with E-state index < -0.39 is 6.61 Å². The Morgan fingerprint density at radius 1 is 1.43 bits per heavy atom. The molecule has 23 heavy (non-hydrogen) atoms. The van der Waals surface area contributed by atoms with Crippen LogP contribution in [0.3, 0.4) is 0 Å². The van der Waals surface area contributed by atoms with Crippen LogP contribution in [-0.4, -0.2) is 49.6 Å². The zero-order valence-electron chi connectivity index (χ0n) is 12.9. The molecule has 130 valence electrons. The Balaban J connectivity index is 0.00000264. The van der Waals surface area contributed by atoms with Crippen LogP contribution in [-0.2, 0) is 11.3 Å². The van der Waals surface area contributed by atoms with E-state index in [0.717, 1.165) is 25.2 Å². The molecule has 0 saturated carbocycles. The number of alkyl halides is 2. The lowest BCUT2D eigenvalue weighted by molar-refractivity contribution is -0.123. The molecule has 5 nitrogen and oxygen atoms in total. The quantitative estimate of drug-likeness (QED) is 0.819. The fourth-order valence-corrected chi connectivity index (χ4v) is 2.35.